The predicted molar refractivity (Wildman–Crippen MR) is 133 cm³/mol. The van der Waals surface area contributed by atoms with Gasteiger partial charge in [-0.3, -0.25) is 4.79 Å². The normalized spacial score (nSPS) is 17.2. The number of nitrogens with zero attached hydrogens (tertiary/aromatic N) is 2. The van der Waals surface area contributed by atoms with Crippen LogP contribution in [0.15, 0.2) is 47.4 Å². The molecule has 1 heterocycles. The minimum Gasteiger partial charge on any atom is -0.369 e. The minimum absolute atomic E-state index is 0.0338. The van der Waals surface area contributed by atoms with Crippen molar-refractivity contribution < 1.29 is 13.2 Å². The van der Waals surface area contributed by atoms with Crippen molar-refractivity contribution in [3.05, 3.63) is 53.6 Å². The number of fused-ring (bicyclic) bond motifs is 1. The van der Waals surface area contributed by atoms with Crippen LogP contribution in [0.4, 0.5) is 11.4 Å². The maximum absolute atomic E-state index is 13.1. The average molecular weight is 470 g/mol. The number of carbonyl (C=O) groups excluding carboxylic acids is 1. The standard InChI is InChI=1S/C26H35N3O3S/c1-4-29(19(2)3)24-11-9-23(10-12-24)27-26(30)21-14-16-28(17-15-21)33(31,32)25-13-8-20-6-5-7-22(20)18-25/h8-13,18-19,21H,4-7,14-17H2,1-3H3,(H,27,30). The van der Waals surface area contributed by atoms with Gasteiger partial charge in [-0.15, -0.1) is 0 Å². The Bertz CT molecular complexity index is 1090. The fourth-order valence-corrected chi connectivity index (χ4v) is 6.56. The Kier molecular flexibility index (Phi) is 7.10. The molecule has 6 nitrogen and oxygen atoms in total. The lowest BCUT2D eigenvalue weighted by molar-refractivity contribution is -0.120. The monoisotopic (exact) mass is 469 g/mol. The lowest BCUT2D eigenvalue weighted by Crippen LogP contribution is -2.41. The zero-order valence-electron chi connectivity index (χ0n) is 19.9. The topological polar surface area (TPSA) is 69.7 Å². The lowest BCUT2D eigenvalue weighted by Gasteiger charge is -2.31. The van der Waals surface area contributed by atoms with Crippen LogP contribution in [0, 0.1) is 5.92 Å². The van der Waals surface area contributed by atoms with Gasteiger partial charge in [0.15, 0.2) is 0 Å². The molecule has 1 aliphatic carbocycles. The van der Waals surface area contributed by atoms with Gasteiger partial charge in [0.05, 0.1) is 4.90 Å². The fourth-order valence-electron chi connectivity index (χ4n) is 5.04. The van der Waals surface area contributed by atoms with Crippen LogP contribution in [0.5, 0.6) is 0 Å². The molecule has 0 aromatic heterocycles. The van der Waals surface area contributed by atoms with Gasteiger partial charge in [0.2, 0.25) is 15.9 Å². The van der Waals surface area contributed by atoms with Crippen LogP contribution in [-0.4, -0.2) is 44.3 Å². The second-order valence-electron chi connectivity index (χ2n) is 9.38. The van der Waals surface area contributed by atoms with Gasteiger partial charge in [-0.2, -0.15) is 4.31 Å². The van der Waals surface area contributed by atoms with Gasteiger partial charge in [-0.1, -0.05) is 6.07 Å². The van der Waals surface area contributed by atoms with Crippen molar-refractivity contribution in [3.63, 3.8) is 0 Å². The number of hydrogen-bond acceptors (Lipinski definition) is 4. The summed E-state index contributed by atoms with van der Waals surface area (Å²) in [6, 6.07) is 13.9. The summed E-state index contributed by atoms with van der Waals surface area (Å²) in [5.74, 6) is -0.215. The Morgan fingerprint density at radius 3 is 2.36 bits per heavy atom. The van der Waals surface area contributed by atoms with Crippen molar-refractivity contribution in [2.75, 3.05) is 29.9 Å². The second-order valence-corrected chi connectivity index (χ2v) is 11.3. The van der Waals surface area contributed by atoms with E-state index in [4.69, 9.17) is 0 Å². The van der Waals surface area contributed by atoms with Gasteiger partial charge in [0.1, 0.15) is 0 Å². The first kappa shape index (κ1) is 23.8. The summed E-state index contributed by atoms with van der Waals surface area (Å²) in [4.78, 5) is 15.5. The number of anilines is 2. The number of nitrogens with one attached hydrogen (secondary N) is 1. The molecule has 1 N–H and O–H groups in total. The molecule has 0 bridgehead atoms. The average Bonchev–Trinajstić information content (AvgIpc) is 3.28. The molecule has 1 aliphatic heterocycles. The van der Waals surface area contributed by atoms with Gasteiger partial charge in [-0.25, -0.2) is 8.42 Å². The minimum atomic E-state index is -3.52. The largest absolute Gasteiger partial charge is 0.369 e. The molecule has 1 fully saturated rings. The van der Waals surface area contributed by atoms with E-state index in [0.717, 1.165) is 42.7 Å². The van der Waals surface area contributed by atoms with Gasteiger partial charge in [-0.05, 0) is 100 Å². The predicted octanol–water partition coefficient (Wildman–Crippen LogP) is 4.45. The fraction of sp³-hybridized carbons (Fsp3) is 0.500. The molecule has 1 amide bonds. The first-order chi connectivity index (χ1) is 15.8. The Morgan fingerprint density at radius 1 is 1.06 bits per heavy atom. The molecule has 178 valence electrons. The highest BCUT2D eigenvalue weighted by Crippen LogP contribution is 2.29. The van der Waals surface area contributed by atoms with Crippen molar-refractivity contribution in [1.29, 1.82) is 0 Å². The molecule has 33 heavy (non-hydrogen) atoms. The molecule has 0 spiro atoms. The van der Waals surface area contributed by atoms with Gasteiger partial charge >= 0.3 is 0 Å². The molecule has 1 saturated heterocycles. The summed E-state index contributed by atoms with van der Waals surface area (Å²) < 4.78 is 27.8. The quantitative estimate of drug-likeness (QED) is 0.650. The third kappa shape index (κ3) is 5.09. The van der Waals surface area contributed by atoms with Gasteiger partial charge in [0.25, 0.3) is 0 Å². The zero-order chi connectivity index (χ0) is 23.6. The second kappa shape index (κ2) is 9.85. The summed E-state index contributed by atoms with van der Waals surface area (Å²) in [6.45, 7) is 8.13. The molecule has 0 radical (unpaired) electrons. The van der Waals surface area contributed by atoms with E-state index in [2.05, 4.69) is 31.0 Å². The molecule has 2 aromatic rings. The summed E-state index contributed by atoms with van der Waals surface area (Å²) >= 11 is 0. The molecule has 0 atom stereocenters. The van der Waals surface area contributed by atoms with Crippen molar-refractivity contribution in [1.82, 2.24) is 4.31 Å². The maximum Gasteiger partial charge on any atom is 0.243 e. The summed E-state index contributed by atoms with van der Waals surface area (Å²) in [6.07, 6.45) is 4.15. The van der Waals surface area contributed by atoms with Crippen molar-refractivity contribution in [2.45, 2.75) is 63.8 Å². The maximum atomic E-state index is 13.1. The van der Waals surface area contributed by atoms with E-state index in [1.54, 1.807) is 6.07 Å². The molecule has 2 aromatic carbocycles. The Labute approximate surface area is 198 Å². The van der Waals surface area contributed by atoms with Crippen LogP contribution in [0.25, 0.3) is 0 Å². The number of benzene rings is 2. The number of hydrogen-bond donors (Lipinski definition) is 1. The third-order valence-electron chi connectivity index (χ3n) is 6.96. The van der Waals surface area contributed by atoms with Crippen molar-refractivity contribution in [3.8, 4) is 0 Å². The van der Waals surface area contributed by atoms with Crippen LogP contribution in [-0.2, 0) is 27.7 Å². The molecule has 2 aliphatic rings. The first-order valence-corrected chi connectivity index (χ1v) is 13.5. The van der Waals surface area contributed by atoms with Crippen molar-refractivity contribution in [2.24, 2.45) is 5.92 Å². The highest BCUT2D eigenvalue weighted by Gasteiger charge is 2.32. The van der Waals surface area contributed by atoms with Crippen molar-refractivity contribution >= 4 is 27.3 Å². The smallest absolute Gasteiger partial charge is 0.243 e. The Balaban J connectivity index is 1.34. The van der Waals surface area contributed by atoms with E-state index in [0.29, 0.717) is 36.9 Å². The molecular weight excluding hydrogens is 434 g/mol. The number of carbonyl (C=O) groups is 1. The van der Waals surface area contributed by atoms with Gasteiger partial charge < -0.3 is 10.2 Å². The van der Waals surface area contributed by atoms with Gasteiger partial charge in [0, 0.05) is 43.0 Å². The number of aryl methyl sites for hydroxylation is 2. The lowest BCUT2D eigenvalue weighted by atomic mass is 9.97. The number of piperidine rings is 1. The Hall–Kier alpha value is -2.38. The van der Waals surface area contributed by atoms with E-state index in [-0.39, 0.29) is 11.8 Å². The molecule has 4 rings (SSSR count). The summed E-state index contributed by atoms with van der Waals surface area (Å²) in [5, 5.41) is 3.01. The SMILES string of the molecule is CCN(c1ccc(NC(=O)C2CCN(S(=O)(=O)c3ccc4c(c3)CCC4)CC2)cc1)C(C)C. The summed E-state index contributed by atoms with van der Waals surface area (Å²) in [7, 11) is -3.52. The molecule has 0 saturated carbocycles. The van der Waals surface area contributed by atoms with Crippen LogP contribution in [0.3, 0.4) is 0 Å². The van der Waals surface area contributed by atoms with E-state index < -0.39 is 10.0 Å². The molecule has 0 unspecified atom stereocenters. The van der Waals surface area contributed by atoms with E-state index in [9.17, 15) is 13.2 Å². The molecule has 7 heteroatoms. The van der Waals surface area contributed by atoms with E-state index in [1.807, 2.05) is 36.4 Å². The van der Waals surface area contributed by atoms with E-state index in [1.165, 1.54) is 9.87 Å². The first-order valence-electron chi connectivity index (χ1n) is 12.1. The zero-order valence-corrected chi connectivity index (χ0v) is 20.7. The number of amides is 1. The highest BCUT2D eigenvalue weighted by atomic mass is 32.2. The van der Waals surface area contributed by atoms with E-state index >= 15 is 0 Å². The number of rotatable bonds is 7. The third-order valence-corrected chi connectivity index (χ3v) is 8.86. The number of sulfonamides is 1. The van der Waals surface area contributed by atoms with Crippen LogP contribution >= 0.6 is 0 Å². The highest BCUT2D eigenvalue weighted by molar-refractivity contribution is 7.89. The van der Waals surface area contributed by atoms with Crippen LogP contribution in [0.1, 0.15) is 51.2 Å². The molecular formula is C26H35N3O3S. The Morgan fingerprint density at radius 2 is 1.73 bits per heavy atom. The van der Waals surface area contributed by atoms with Crippen LogP contribution < -0.4 is 10.2 Å². The summed E-state index contributed by atoms with van der Waals surface area (Å²) in [5.41, 5.74) is 4.34. The van der Waals surface area contributed by atoms with Crippen LogP contribution in [0.2, 0.25) is 0 Å².